The van der Waals surface area contributed by atoms with Gasteiger partial charge in [0.25, 0.3) is 0 Å². The predicted molar refractivity (Wildman–Crippen MR) is 113 cm³/mol. The van der Waals surface area contributed by atoms with Gasteiger partial charge in [-0.15, -0.1) is 0 Å². The fourth-order valence-electron chi connectivity index (χ4n) is 4.52. The monoisotopic (exact) mass is 410 g/mol. The summed E-state index contributed by atoms with van der Waals surface area (Å²) < 4.78 is 27.9. The van der Waals surface area contributed by atoms with Crippen molar-refractivity contribution in [2.24, 2.45) is 5.92 Å². The van der Waals surface area contributed by atoms with Crippen LogP contribution in [0.3, 0.4) is 0 Å². The molecule has 1 aromatic rings. The van der Waals surface area contributed by atoms with E-state index >= 15 is 0 Å². The molecule has 7 heteroatoms. The third kappa shape index (κ3) is 5.36. The summed E-state index contributed by atoms with van der Waals surface area (Å²) >= 11 is 0. The Hall–Kier alpha value is -0.920. The number of hydrogen-bond donors (Lipinski definition) is 0. The second-order valence-corrected chi connectivity index (χ2v) is 11.0. The Morgan fingerprint density at radius 2 is 2.04 bits per heavy atom. The molecule has 28 heavy (non-hydrogen) atoms. The number of sulfone groups is 1. The Bertz CT molecular complexity index is 729. The summed E-state index contributed by atoms with van der Waals surface area (Å²) in [5.41, 5.74) is 1.06. The highest BCUT2D eigenvalue weighted by molar-refractivity contribution is 7.91. The zero-order chi connectivity index (χ0) is 20.1. The molecular weight excluding hydrogens is 372 g/mol. The fourth-order valence-corrected chi connectivity index (χ4v) is 6.01. The first-order chi connectivity index (χ1) is 13.4. The molecule has 0 aromatic carbocycles. The van der Waals surface area contributed by atoms with Crippen LogP contribution < -0.4 is 0 Å². The van der Waals surface area contributed by atoms with Crippen LogP contribution in [0.2, 0.25) is 0 Å². The lowest BCUT2D eigenvalue weighted by atomic mass is 10.1. The Balaban J connectivity index is 1.72. The van der Waals surface area contributed by atoms with E-state index in [9.17, 15) is 8.42 Å². The van der Waals surface area contributed by atoms with Gasteiger partial charge in [0.2, 0.25) is 15.0 Å². The number of rotatable bonds is 10. The molecule has 1 unspecified atom stereocenters. The summed E-state index contributed by atoms with van der Waals surface area (Å²) in [5, 5.41) is 0.291. The molecule has 2 aliphatic rings. The first-order valence-corrected chi connectivity index (χ1v) is 12.8. The van der Waals surface area contributed by atoms with Gasteiger partial charge in [0.05, 0.1) is 17.6 Å². The average Bonchev–Trinajstić information content (AvgIpc) is 3.26. The molecule has 0 aliphatic carbocycles. The number of nitrogens with zero attached hydrogens (tertiary/aromatic N) is 4. The highest BCUT2D eigenvalue weighted by Gasteiger charge is 2.31. The van der Waals surface area contributed by atoms with Crippen LogP contribution in [-0.2, 0) is 22.9 Å². The van der Waals surface area contributed by atoms with E-state index in [0.29, 0.717) is 23.5 Å². The molecule has 1 aromatic heterocycles. The first kappa shape index (κ1) is 21.8. The van der Waals surface area contributed by atoms with Crippen molar-refractivity contribution in [3.05, 3.63) is 11.9 Å². The van der Waals surface area contributed by atoms with Crippen LogP contribution >= 0.6 is 0 Å². The normalized spacial score (nSPS) is 21.5. The van der Waals surface area contributed by atoms with Gasteiger partial charge in [-0.25, -0.2) is 13.4 Å². The van der Waals surface area contributed by atoms with Gasteiger partial charge in [0, 0.05) is 38.8 Å². The Morgan fingerprint density at radius 1 is 1.21 bits per heavy atom. The van der Waals surface area contributed by atoms with E-state index in [4.69, 9.17) is 0 Å². The minimum atomic E-state index is -3.33. The molecule has 1 atom stereocenters. The molecule has 3 heterocycles. The highest BCUT2D eigenvalue weighted by Crippen LogP contribution is 2.24. The van der Waals surface area contributed by atoms with Crippen molar-refractivity contribution in [2.75, 3.05) is 31.9 Å². The summed E-state index contributed by atoms with van der Waals surface area (Å²) in [6.45, 7) is 12.5. The summed E-state index contributed by atoms with van der Waals surface area (Å²) in [4.78, 5) is 9.50. The van der Waals surface area contributed by atoms with Crippen LogP contribution in [0, 0.1) is 5.92 Å². The molecule has 160 valence electrons. The molecule has 0 spiro atoms. The van der Waals surface area contributed by atoms with Crippen molar-refractivity contribution < 1.29 is 8.42 Å². The van der Waals surface area contributed by atoms with E-state index in [-0.39, 0.29) is 5.75 Å². The van der Waals surface area contributed by atoms with E-state index in [0.717, 1.165) is 57.7 Å². The second-order valence-electron chi connectivity index (χ2n) is 8.96. The number of imidazole rings is 1. The van der Waals surface area contributed by atoms with E-state index < -0.39 is 9.84 Å². The topological polar surface area (TPSA) is 58.4 Å². The fraction of sp³-hybridized carbons (Fsp3) is 0.857. The molecule has 2 fully saturated rings. The molecule has 0 radical (unpaired) electrons. The van der Waals surface area contributed by atoms with Gasteiger partial charge in [-0.3, -0.25) is 9.80 Å². The van der Waals surface area contributed by atoms with Crippen molar-refractivity contribution >= 4 is 9.84 Å². The third-order valence-corrected chi connectivity index (χ3v) is 7.87. The van der Waals surface area contributed by atoms with E-state index in [1.54, 1.807) is 0 Å². The van der Waals surface area contributed by atoms with Crippen LogP contribution in [0.1, 0.15) is 65.0 Å². The summed E-state index contributed by atoms with van der Waals surface area (Å²) in [7, 11) is -3.33. The Morgan fingerprint density at radius 3 is 2.79 bits per heavy atom. The summed E-state index contributed by atoms with van der Waals surface area (Å²) in [6, 6.07) is 0.681. The molecule has 6 nitrogen and oxygen atoms in total. The van der Waals surface area contributed by atoms with Crippen LogP contribution in [-0.4, -0.2) is 65.7 Å². The van der Waals surface area contributed by atoms with Crippen LogP contribution in [0.15, 0.2) is 11.4 Å². The second kappa shape index (κ2) is 9.72. The number of aromatic nitrogens is 2. The lowest BCUT2D eigenvalue weighted by molar-refractivity contribution is 0.0973. The Kier molecular flexibility index (Phi) is 7.56. The summed E-state index contributed by atoms with van der Waals surface area (Å²) in [5.74, 6) is 0.731. The van der Waals surface area contributed by atoms with Crippen molar-refractivity contribution in [3.63, 3.8) is 0 Å². The molecular formula is C21H38N4O2S. The number of piperazine rings is 1. The maximum Gasteiger partial charge on any atom is 0.227 e. The maximum atomic E-state index is 12.9. The molecule has 0 N–H and O–H groups in total. The maximum absolute atomic E-state index is 12.9. The zero-order valence-electron chi connectivity index (χ0n) is 17.9. The zero-order valence-corrected chi connectivity index (χ0v) is 18.8. The molecule has 0 saturated carbocycles. The van der Waals surface area contributed by atoms with Gasteiger partial charge < -0.3 is 4.57 Å². The molecule has 2 saturated heterocycles. The molecule has 0 bridgehead atoms. The number of fused-ring (bicyclic) bond motifs is 1. The molecule has 0 amide bonds. The van der Waals surface area contributed by atoms with Crippen LogP contribution in [0.25, 0.3) is 0 Å². The van der Waals surface area contributed by atoms with Gasteiger partial charge in [0.1, 0.15) is 0 Å². The van der Waals surface area contributed by atoms with Gasteiger partial charge in [0.15, 0.2) is 0 Å². The van der Waals surface area contributed by atoms with Crippen molar-refractivity contribution in [3.8, 4) is 0 Å². The van der Waals surface area contributed by atoms with Crippen LogP contribution in [0.5, 0.6) is 0 Å². The van der Waals surface area contributed by atoms with Crippen molar-refractivity contribution in [1.29, 1.82) is 0 Å². The van der Waals surface area contributed by atoms with E-state index in [2.05, 4.69) is 35.6 Å². The van der Waals surface area contributed by atoms with E-state index in [1.165, 1.54) is 19.4 Å². The van der Waals surface area contributed by atoms with Crippen molar-refractivity contribution in [2.45, 2.75) is 83.6 Å². The SMILES string of the molecule is CCCCn1c(CN2CCN3CCCC3C2)cnc1S(=O)(=O)CCCC(C)C. The minimum Gasteiger partial charge on any atom is -0.318 e. The standard InChI is InChI=1S/C21H38N4O2S/c1-4-5-11-25-20(17-23-12-13-24-10-6-9-19(24)16-23)15-22-21(25)28(26,27)14-7-8-18(2)3/h15,18-19H,4-14,16-17H2,1-3H3. The van der Waals surface area contributed by atoms with Crippen LogP contribution in [0.4, 0.5) is 0 Å². The van der Waals surface area contributed by atoms with Gasteiger partial charge >= 0.3 is 0 Å². The lowest BCUT2D eigenvalue weighted by Gasteiger charge is -2.37. The summed E-state index contributed by atoms with van der Waals surface area (Å²) in [6.07, 6.45) is 8.09. The van der Waals surface area contributed by atoms with Gasteiger partial charge in [-0.05, 0) is 44.6 Å². The minimum absolute atomic E-state index is 0.203. The molecule has 3 rings (SSSR count). The third-order valence-electron chi connectivity index (χ3n) is 6.17. The highest BCUT2D eigenvalue weighted by atomic mass is 32.2. The van der Waals surface area contributed by atoms with Gasteiger partial charge in [-0.2, -0.15) is 0 Å². The quantitative estimate of drug-likeness (QED) is 0.593. The van der Waals surface area contributed by atoms with E-state index in [1.807, 2.05) is 10.8 Å². The smallest absolute Gasteiger partial charge is 0.227 e. The number of hydrogen-bond acceptors (Lipinski definition) is 5. The number of unbranched alkanes of at least 4 members (excludes halogenated alkanes) is 1. The lowest BCUT2D eigenvalue weighted by Crippen LogP contribution is -2.49. The largest absolute Gasteiger partial charge is 0.318 e. The van der Waals surface area contributed by atoms with Gasteiger partial charge in [-0.1, -0.05) is 27.2 Å². The Labute approximate surface area is 171 Å². The van der Waals surface area contributed by atoms with Crippen molar-refractivity contribution in [1.82, 2.24) is 19.4 Å². The first-order valence-electron chi connectivity index (χ1n) is 11.1. The molecule has 2 aliphatic heterocycles. The average molecular weight is 411 g/mol. The predicted octanol–water partition coefficient (Wildman–Crippen LogP) is 3.17.